The van der Waals surface area contributed by atoms with Gasteiger partial charge in [0.05, 0.1) is 6.61 Å². The first-order valence-corrected chi connectivity index (χ1v) is 5.61. The molecule has 2 rings (SSSR count). The van der Waals surface area contributed by atoms with E-state index in [1.807, 2.05) is 0 Å². The normalized spacial score (nSPS) is 45.7. The third kappa shape index (κ3) is 1.75. The summed E-state index contributed by atoms with van der Waals surface area (Å²) >= 11 is 0. The van der Waals surface area contributed by atoms with Crippen molar-refractivity contribution in [1.29, 1.82) is 0 Å². The van der Waals surface area contributed by atoms with Gasteiger partial charge in [-0.2, -0.15) is 0 Å². The van der Waals surface area contributed by atoms with Crippen LogP contribution in [0, 0.1) is 11.8 Å². The predicted octanol–water partition coefficient (Wildman–Crippen LogP) is 1.93. The van der Waals surface area contributed by atoms with E-state index in [9.17, 15) is 0 Å². The molecule has 0 aromatic carbocycles. The van der Waals surface area contributed by atoms with Crippen molar-refractivity contribution in [2.75, 3.05) is 13.2 Å². The van der Waals surface area contributed by atoms with E-state index in [4.69, 9.17) is 10.5 Å². The van der Waals surface area contributed by atoms with Crippen LogP contribution in [0.3, 0.4) is 0 Å². The Kier molecular flexibility index (Phi) is 2.61. The quantitative estimate of drug-likeness (QED) is 0.710. The Morgan fingerprint density at radius 2 is 2.31 bits per heavy atom. The van der Waals surface area contributed by atoms with Crippen LogP contribution in [-0.2, 0) is 4.74 Å². The zero-order valence-electron chi connectivity index (χ0n) is 8.59. The highest BCUT2D eigenvalue weighted by atomic mass is 16.5. The van der Waals surface area contributed by atoms with Crippen molar-refractivity contribution in [3.63, 3.8) is 0 Å². The molecule has 0 radical (unpaired) electrons. The number of nitrogens with two attached hydrogens (primary N) is 1. The van der Waals surface area contributed by atoms with Crippen LogP contribution in [0.5, 0.6) is 0 Å². The number of hydrogen-bond acceptors (Lipinski definition) is 2. The summed E-state index contributed by atoms with van der Waals surface area (Å²) in [4.78, 5) is 0. The molecule has 1 heterocycles. The fourth-order valence-electron chi connectivity index (χ4n) is 2.92. The van der Waals surface area contributed by atoms with Crippen molar-refractivity contribution >= 4 is 0 Å². The smallest absolute Gasteiger partial charge is 0.0512 e. The van der Waals surface area contributed by atoms with E-state index in [-0.39, 0.29) is 5.54 Å². The Morgan fingerprint density at radius 1 is 1.46 bits per heavy atom. The fraction of sp³-hybridized carbons (Fsp3) is 1.00. The standard InChI is InChI=1S/C11H21NO/c1-2-9-3-5-11(12,7-9)10-4-6-13-8-10/h9-10H,2-8,12H2,1H3. The summed E-state index contributed by atoms with van der Waals surface area (Å²) in [5.41, 5.74) is 6.57. The van der Waals surface area contributed by atoms with Gasteiger partial charge in [-0.15, -0.1) is 0 Å². The van der Waals surface area contributed by atoms with E-state index in [1.54, 1.807) is 0 Å². The van der Waals surface area contributed by atoms with E-state index in [2.05, 4.69) is 6.92 Å². The third-order valence-corrected chi connectivity index (χ3v) is 4.01. The zero-order valence-corrected chi connectivity index (χ0v) is 8.59. The molecule has 2 N–H and O–H groups in total. The molecule has 3 unspecified atom stereocenters. The van der Waals surface area contributed by atoms with Crippen LogP contribution < -0.4 is 5.73 Å². The molecule has 2 aliphatic rings. The SMILES string of the molecule is CCC1CCC(N)(C2CCOC2)C1. The van der Waals surface area contributed by atoms with Crippen LogP contribution in [0.1, 0.15) is 39.0 Å². The molecular weight excluding hydrogens is 162 g/mol. The molecular formula is C11H21NO. The number of hydrogen-bond donors (Lipinski definition) is 1. The summed E-state index contributed by atoms with van der Waals surface area (Å²) in [6, 6.07) is 0. The van der Waals surface area contributed by atoms with Gasteiger partial charge in [-0.3, -0.25) is 0 Å². The van der Waals surface area contributed by atoms with Crippen molar-refractivity contribution in [2.45, 2.75) is 44.6 Å². The Labute approximate surface area is 80.8 Å². The molecule has 0 amide bonds. The number of rotatable bonds is 2. The summed E-state index contributed by atoms with van der Waals surface area (Å²) < 4.78 is 5.42. The van der Waals surface area contributed by atoms with Crippen LogP contribution >= 0.6 is 0 Å². The topological polar surface area (TPSA) is 35.2 Å². The average molecular weight is 183 g/mol. The highest BCUT2D eigenvalue weighted by Gasteiger charge is 2.42. The first-order chi connectivity index (χ1) is 6.24. The average Bonchev–Trinajstić information content (AvgIpc) is 2.72. The molecule has 1 saturated heterocycles. The van der Waals surface area contributed by atoms with Crippen LogP contribution in [0.15, 0.2) is 0 Å². The van der Waals surface area contributed by atoms with Gasteiger partial charge in [0.25, 0.3) is 0 Å². The van der Waals surface area contributed by atoms with Gasteiger partial charge in [-0.05, 0) is 31.6 Å². The molecule has 2 nitrogen and oxygen atoms in total. The highest BCUT2D eigenvalue weighted by molar-refractivity contribution is 4.99. The third-order valence-electron chi connectivity index (χ3n) is 4.01. The lowest BCUT2D eigenvalue weighted by molar-refractivity contribution is 0.161. The highest BCUT2D eigenvalue weighted by Crippen LogP contribution is 2.41. The summed E-state index contributed by atoms with van der Waals surface area (Å²) in [5.74, 6) is 1.52. The van der Waals surface area contributed by atoms with E-state index in [1.165, 1.54) is 32.1 Å². The molecule has 0 aromatic heterocycles. The molecule has 1 aliphatic heterocycles. The Bertz CT molecular complexity index is 177. The Morgan fingerprint density at radius 3 is 2.85 bits per heavy atom. The first kappa shape index (κ1) is 9.47. The second kappa shape index (κ2) is 3.58. The van der Waals surface area contributed by atoms with Gasteiger partial charge < -0.3 is 10.5 Å². The second-order valence-corrected chi connectivity index (χ2v) is 4.81. The molecule has 13 heavy (non-hydrogen) atoms. The summed E-state index contributed by atoms with van der Waals surface area (Å²) in [7, 11) is 0. The lowest BCUT2D eigenvalue weighted by Crippen LogP contribution is -2.45. The maximum absolute atomic E-state index is 6.45. The summed E-state index contributed by atoms with van der Waals surface area (Å²) in [5, 5.41) is 0. The zero-order chi connectivity index (χ0) is 9.31. The van der Waals surface area contributed by atoms with Gasteiger partial charge in [0, 0.05) is 18.1 Å². The lowest BCUT2D eigenvalue weighted by Gasteiger charge is -2.30. The minimum absolute atomic E-state index is 0.122. The Balaban J connectivity index is 1.96. The van der Waals surface area contributed by atoms with Crippen molar-refractivity contribution in [3.8, 4) is 0 Å². The van der Waals surface area contributed by atoms with Crippen molar-refractivity contribution in [2.24, 2.45) is 17.6 Å². The minimum Gasteiger partial charge on any atom is -0.381 e. The fourth-order valence-corrected chi connectivity index (χ4v) is 2.92. The monoisotopic (exact) mass is 183 g/mol. The summed E-state index contributed by atoms with van der Waals surface area (Å²) in [6.07, 6.45) is 6.28. The van der Waals surface area contributed by atoms with E-state index >= 15 is 0 Å². The van der Waals surface area contributed by atoms with Crippen LogP contribution in [-0.4, -0.2) is 18.8 Å². The number of ether oxygens (including phenoxy) is 1. The van der Waals surface area contributed by atoms with Crippen LogP contribution in [0.4, 0.5) is 0 Å². The Hall–Kier alpha value is -0.0800. The van der Waals surface area contributed by atoms with Gasteiger partial charge in [0.1, 0.15) is 0 Å². The minimum atomic E-state index is 0.122. The molecule has 0 bridgehead atoms. The molecule has 1 aliphatic carbocycles. The van der Waals surface area contributed by atoms with Gasteiger partial charge >= 0.3 is 0 Å². The molecule has 1 saturated carbocycles. The molecule has 3 atom stereocenters. The molecule has 76 valence electrons. The van der Waals surface area contributed by atoms with Gasteiger partial charge in [-0.1, -0.05) is 13.3 Å². The maximum atomic E-state index is 6.45. The van der Waals surface area contributed by atoms with Crippen LogP contribution in [0.25, 0.3) is 0 Å². The van der Waals surface area contributed by atoms with Crippen molar-refractivity contribution < 1.29 is 4.74 Å². The molecule has 0 aromatic rings. The first-order valence-electron chi connectivity index (χ1n) is 5.61. The molecule has 2 heteroatoms. The van der Waals surface area contributed by atoms with Crippen molar-refractivity contribution in [1.82, 2.24) is 0 Å². The van der Waals surface area contributed by atoms with Gasteiger partial charge in [0.15, 0.2) is 0 Å². The van der Waals surface area contributed by atoms with E-state index < -0.39 is 0 Å². The van der Waals surface area contributed by atoms with E-state index in [0.29, 0.717) is 5.92 Å². The maximum Gasteiger partial charge on any atom is 0.0512 e. The van der Waals surface area contributed by atoms with Gasteiger partial charge in [-0.25, -0.2) is 0 Å². The van der Waals surface area contributed by atoms with Crippen LogP contribution in [0.2, 0.25) is 0 Å². The predicted molar refractivity (Wildman–Crippen MR) is 53.5 cm³/mol. The van der Waals surface area contributed by atoms with Crippen molar-refractivity contribution in [3.05, 3.63) is 0 Å². The molecule has 0 spiro atoms. The van der Waals surface area contributed by atoms with E-state index in [0.717, 1.165) is 19.1 Å². The second-order valence-electron chi connectivity index (χ2n) is 4.81. The summed E-state index contributed by atoms with van der Waals surface area (Å²) in [6.45, 7) is 4.12. The lowest BCUT2D eigenvalue weighted by atomic mass is 9.82. The molecule has 2 fully saturated rings. The largest absolute Gasteiger partial charge is 0.381 e. The van der Waals surface area contributed by atoms with Gasteiger partial charge in [0.2, 0.25) is 0 Å².